The van der Waals surface area contributed by atoms with Gasteiger partial charge in [0, 0.05) is 6.04 Å². The number of allylic oxidation sites excluding steroid dienone is 4. The molecular weight excluding hydrogens is 410 g/mol. The Kier molecular flexibility index (Phi) is 36.8. The molecular formula is C33H65N. The van der Waals surface area contributed by atoms with Gasteiger partial charge in [0.2, 0.25) is 0 Å². The average Bonchev–Trinajstić information content (AvgIpc) is 2.74. The molecule has 1 aromatic rings. The second-order valence-corrected chi connectivity index (χ2v) is 9.54. The fourth-order valence-corrected chi connectivity index (χ4v) is 2.25. The Balaban J connectivity index is -0.000000115. The van der Waals surface area contributed by atoms with Gasteiger partial charge in [0.25, 0.3) is 0 Å². The first-order valence-corrected chi connectivity index (χ1v) is 13.4. The van der Waals surface area contributed by atoms with E-state index >= 15 is 0 Å². The van der Waals surface area contributed by atoms with E-state index in [9.17, 15) is 0 Å². The lowest BCUT2D eigenvalue weighted by Crippen LogP contribution is -2.34. The van der Waals surface area contributed by atoms with Crippen LogP contribution >= 0.6 is 0 Å². The molecule has 0 bridgehead atoms. The van der Waals surface area contributed by atoms with Crippen LogP contribution in [0.5, 0.6) is 0 Å². The van der Waals surface area contributed by atoms with Gasteiger partial charge in [-0.1, -0.05) is 128 Å². The first-order valence-electron chi connectivity index (χ1n) is 13.4. The minimum Gasteiger partial charge on any atom is -0.327 e. The molecule has 0 fully saturated rings. The van der Waals surface area contributed by atoms with Crippen LogP contribution in [-0.2, 0) is 6.42 Å². The maximum absolute atomic E-state index is 5.89. The van der Waals surface area contributed by atoms with E-state index in [1.54, 1.807) is 0 Å². The summed E-state index contributed by atoms with van der Waals surface area (Å²) in [5, 5.41) is 0. The largest absolute Gasteiger partial charge is 0.327 e. The normalized spacial score (nSPS) is 9.76. The highest BCUT2D eigenvalue weighted by atomic mass is 14.7. The summed E-state index contributed by atoms with van der Waals surface area (Å²) < 4.78 is 0. The minimum atomic E-state index is 0.239. The summed E-state index contributed by atoms with van der Waals surface area (Å²) in [4.78, 5) is 0. The van der Waals surface area contributed by atoms with Crippen LogP contribution in [0.3, 0.4) is 0 Å². The maximum atomic E-state index is 5.89. The van der Waals surface area contributed by atoms with Crippen molar-refractivity contribution in [3.05, 3.63) is 71.3 Å². The standard InChI is InChI=1S/C12H16.C9H19N.C5H10.C3H8.2C2H6/c1-9(2)5-12-7-10(3)6-11(4)8-12;1-5-6-7-8(10)9(2,3)4;1-4-5(2)3;1-3-2;2*1-2/h6-8H,1,5H2,2-4H3;5,8H,1,6-7,10H2,2-4H3;4H,1-3H3;3H2,1-2H3;2*1-2H3. The molecule has 1 heteroatoms. The van der Waals surface area contributed by atoms with Crippen molar-refractivity contribution in [2.45, 2.75) is 136 Å². The van der Waals surface area contributed by atoms with Crippen LogP contribution in [0.1, 0.15) is 126 Å². The zero-order valence-corrected chi connectivity index (χ0v) is 26.3. The highest BCUT2D eigenvalue weighted by molar-refractivity contribution is 5.30. The third-order valence-electron chi connectivity index (χ3n) is 4.16. The fraction of sp³-hybridized carbons (Fsp3) is 0.636. The number of hydrogen-bond acceptors (Lipinski definition) is 1. The molecule has 1 atom stereocenters. The van der Waals surface area contributed by atoms with E-state index in [1.165, 1.54) is 34.3 Å². The van der Waals surface area contributed by atoms with Gasteiger partial charge < -0.3 is 5.73 Å². The number of benzene rings is 1. The van der Waals surface area contributed by atoms with Gasteiger partial charge in [-0.2, -0.15) is 0 Å². The summed E-state index contributed by atoms with van der Waals surface area (Å²) in [6.07, 6.45) is 8.33. The number of nitrogens with two attached hydrogens (primary N) is 1. The molecule has 202 valence electrons. The topological polar surface area (TPSA) is 26.0 Å². The number of aryl methyl sites for hydroxylation is 2. The fourth-order valence-electron chi connectivity index (χ4n) is 2.25. The molecule has 2 N–H and O–H groups in total. The third-order valence-corrected chi connectivity index (χ3v) is 4.16. The Bertz CT molecular complexity index is 575. The SMILES string of the molecule is C=C(C)Cc1cc(C)cc(C)c1.C=CCCC(N)C(C)(C)C.CC.CC.CC=C(C)C.CCC. The molecule has 0 aliphatic carbocycles. The van der Waals surface area contributed by atoms with Crippen molar-refractivity contribution in [3.8, 4) is 0 Å². The molecule has 1 rings (SSSR count). The molecule has 0 heterocycles. The highest BCUT2D eigenvalue weighted by Gasteiger charge is 2.18. The lowest BCUT2D eigenvalue weighted by Gasteiger charge is -2.26. The van der Waals surface area contributed by atoms with Gasteiger partial charge >= 0.3 is 0 Å². The van der Waals surface area contributed by atoms with Crippen LogP contribution in [0.2, 0.25) is 0 Å². The van der Waals surface area contributed by atoms with E-state index < -0.39 is 0 Å². The van der Waals surface area contributed by atoms with Gasteiger partial charge in [-0.15, -0.1) is 6.58 Å². The van der Waals surface area contributed by atoms with Gasteiger partial charge in [-0.3, -0.25) is 0 Å². The van der Waals surface area contributed by atoms with Gasteiger partial charge in [0.15, 0.2) is 0 Å². The predicted molar refractivity (Wildman–Crippen MR) is 165 cm³/mol. The average molecular weight is 476 g/mol. The molecule has 0 aromatic heterocycles. The molecule has 0 saturated carbocycles. The molecule has 0 spiro atoms. The Morgan fingerprint density at radius 1 is 0.941 bits per heavy atom. The summed E-state index contributed by atoms with van der Waals surface area (Å²) in [5.41, 5.74) is 12.8. The Hall–Kier alpha value is -1.60. The van der Waals surface area contributed by atoms with Crippen molar-refractivity contribution in [3.63, 3.8) is 0 Å². The summed E-state index contributed by atoms with van der Waals surface area (Å²) in [6.45, 7) is 38.9. The van der Waals surface area contributed by atoms with Gasteiger partial charge in [0.05, 0.1) is 0 Å². The molecule has 0 aliphatic heterocycles. The van der Waals surface area contributed by atoms with E-state index in [0.29, 0.717) is 6.04 Å². The van der Waals surface area contributed by atoms with Gasteiger partial charge in [0.1, 0.15) is 0 Å². The van der Waals surface area contributed by atoms with Crippen molar-refractivity contribution < 1.29 is 0 Å². The summed E-state index contributed by atoms with van der Waals surface area (Å²) in [5.74, 6) is 0. The predicted octanol–water partition coefficient (Wildman–Crippen LogP) is 11.2. The van der Waals surface area contributed by atoms with E-state index in [-0.39, 0.29) is 5.41 Å². The van der Waals surface area contributed by atoms with E-state index in [0.717, 1.165) is 19.3 Å². The van der Waals surface area contributed by atoms with Crippen LogP contribution < -0.4 is 5.73 Å². The van der Waals surface area contributed by atoms with Crippen LogP contribution in [0.15, 0.2) is 54.7 Å². The van der Waals surface area contributed by atoms with Gasteiger partial charge in [-0.25, -0.2) is 0 Å². The lowest BCUT2D eigenvalue weighted by molar-refractivity contribution is 0.307. The molecule has 0 amide bonds. The molecule has 1 nitrogen and oxygen atoms in total. The van der Waals surface area contributed by atoms with Crippen molar-refractivity contribution in [2.75, 3.05) is 0 Å². The Labute approximate surface area is 218 Å². The minimum absolute atomic E-state index is 0.239. The van der Waals surface area contributed by atoms with E-state index in [4.69, 9.17) is 5.73 Å². The second-order valence-electron chi connectivity index (χ2n) is 9.54. The van der Waals surface area contributed by atoms with Crippen LogP contribution in [0, 0.1) is 19.3 Å². The van der Waals surface area contributed by atoms with Crippen LogP contribution in [0.4, 0.5) is 0 Å². The maximum Gasteiger partial charge on any atom is 0.00905 e. The van der Waals surface area contributed by atoms with Crippen LogP contribution in [-0.4, -0.2) is 6.04 Å². The lowest BCUT2D eigenvalue weighted by atomic mass is 9.85. The molecule has 34 heavy (non-hydrogen) atoms. The van der Waals surface area contributed by atoms with Crippen LogP contribution in [0.25, 0.3) is 0 Å². The summed E-state index contributed by atoms with van der Waals surface area (Å²) in [7, 11) is 0. The zero-order valence-electron chi connectivity index (χ0n) is 26.3. The second kappa shape index (κ2) is 29.4. The number of hydrogen-bond donors (Lipinski definition) is 1. The molecule has 0 saturated heterocycles. The quantitative estimate of drug-likeness (QED) is 0.421. The third kappa shape index (κ3) is 37.7. The molecule has 0 radical (unpaired) electrons. The van der Waals surface area contributed by atoms with Crippen molar-refractivity contribution in [1.29, 1.82) is 0 Å². The zero-order chi connectivity index (χ0) is 28.3. The molecule has 1 unspecified atom stereocenters. The van der Waals surface area contributed by atoms with Gasteiger partial charge in [-0.05, 0) is 71.8 Å². The van der Waals surface area contributed by atoms with Crippen molar-refractivity contribution in [2.24, 2.45) is 11.1 Å². The number of rotatable bonds is 5. The summed E-state index contributed by atoms with van der Waals surface area (Å²) in [6, 6.07) is 6.94. The Morgan fingerprint density at radius 3 is 1.53 bits per heavy atom. The van der Waals surface area contributed by atoms with Crippen molar-refractivity contribution in [1.82, 2.24) is 0 Å². The smallest absolute Gasteiger partial charge is 0.00905 e. The molecule has 0 aliphatic rings. The first kappa shape index (κ1) is 42.6. The van der Waals surface area contributed by atoms with E-state index in [2.05, 4.69) is 107 Å². The molecule has 1 aromatic carbocycles. The monoisotopic (exact) mass is 476 g/mol. The summed E-state index contributed by atoms with van der Waals surface area (Å²) >= 11 is 0. The highest BCUT2D eigenvalue weighted by Crippen LogP contribution is 2.20. The first-order chi connectivity index (χ1) is 15.7. The Morgan fingerprint density at radius 2 is 1.29 bits per heavy atom. The van der Waals surface area contributed by atoms with E-state index in [1.807, 2.05) is 40.7 Å². The van der Waals surface area contributed by atoms with Crippen molar-refractivity contribution >= 4 is 0 Å².